The largest absolute Gasteiger partial charge is 0.284 e. The maximum atomic E-state index is 11.3. The lowest BCUT2D eigenvalue weighted by atomic mass is 10.2. The van der Waals surface area contributed by atoms with E-state index in [4.69, 9.17) is 0 Å². The number of nitrogens with one attached hydrogen (secondary N) is 1. The first kappa shape index (κ1) is 11.5. The molecule has 0 heterocycles. The molecule has 0 radical (unpaired) electrons. The third-order valence-corrected chi connectivity index (χ3v) is 3.46. The van der Waals surface area contributed by atoms with E-state index in [-0.39, 0.29) is 5.75 Å². The molecule has 0 aliphatic heterocycles. The first-order valence-corrected chi connectivity index (χ1v) is 6.65. The Morgan fingerprint density at radius 1 is 1.36 bits per heavy atom. The number of hydrogen-bond acceptors (Lipinski definition) is 2. The maximum Gasteiger partial charge on any atom is 0.232 e. The normalized spacial score (nSPS) is 11.4. The fraction of sp³-hybridized carbons (Fsp3) is 0.333. The van der Waals surface area contributed by atoms with Crippen molar-refractivity contribution in [2.75, 3.05) is 10.5 Å². The fourth-order valence-corrected chi connectivity index (χ4v) is 2.28. The number of halogens is 1. The molecule has 0 fully saturated rings. The topological polar surface area (TPSA) is 46.2 Å². The van der Waals surface area contributed by atoms with Crippen molar-refractivity contribution < 1.29 is 8.42 Å². The highest BCUT2D eigenvalue weighted by atomic mass is 79.9. The summed E-state index contributed by atoms with van der Waals surface area (Å²) in [6.45, 7) is 3.52. The van der Waals surface area contributed by atoms with E-state index in [2.05, 4.69) is 20.7 Å². The average Bonchev–Trinajstić information content (AvgIpc) is 2.01. The zero-order valence-electron chi connectivity index (χ0n) is 8.04. The summed E-state index contributed by atoms with van der Waals surface area (Å²) in [6, 6.07) is 5.45. The molecule has 0 saturated heterocycles. The smallest absolute Gasteiger partial charge is 0.232 e. The highest BCUT2D eigenvalue weighted by Gasteiger charge is 2.06. The Kier molecular flexibility index (Phi) is 3.55. The second kappa shape index (κ2) is 4.31. The van der Waals surface area contributed by atoms with Crippen LogP contribution in [0.3, 0.4) is 0 Å². The first-order valence-electron chi connectivity index (χ1n) is 4.20. The molecule has 1 aromatic rings. The van der Waals surface area contributed by atoms with Crippen LogP contribution in [0.4, 0.5) is 5.69 Å². The molecule has 0 atom stereocenters. The number of anilines is 1. The summed E-state index contributed by atoms with van der Waals surface area (Å²) in [6.07, 6.45) is 0. The number of sulfonamides is 1. The predicted octanol–water partition coefficient (Wildman–Crippen LogP) is 2.52. The lowest BCUT2D eigenvalue weighted by Gasteiger charge is -2.07. The minimum atomic E-state index is -3.18. The van der Waals surface area contributed by atoms with E-state index in [1.807, 2.05) is 13.0 Å². The van der Waals surface area contributed by atoms with Gasteiger partial charge in [0.25, 0.3) is 0 Å². The lowest BCUT2D eigenvalue weighted by Crippen LogP contribution is -2.14. The highest BCUT2D eigenvalue weighted by molar-refractivity contribution is 9.10. The predicted molar refractivity (Wildman–Crippen MR) is 62.0 cm³/mol. The van der Waals surface area contributed by atoms with Gasteiger partial charge >= 0.3 is 0 Å². The van der Waals surface area contributed by atoms with Crippen LogP contribution < -0.4 is 4.72 Å². The summed E-state index contributed by atoms with van der Waals surface area (Å²) in [5.74, 6) is 0.0819. The van der Waals surface area contributed by atoms with E-state index >= 15 is 0 Å². The van der Waals surface area contributed by atoms with Crippen LogP contribution in [0.15, 0.2) is 22.7 Å². The van der Waals surface area contributed by atoms with Crippen molar-refractivity contribution >= 4 is 31.6 Å². The Morgan fingerprint density at radius 2 is 2.00 bits per heavy atom. The second-order valence-electron chi connectivity index (χ2n) is 3.02. The molecule has 1 N–H and O–H groups in total. The van der Waals surface area contributed by atoms with Crippen molar-refractivity contribution in [3.63, 3.8) is 0 Å². The van der Waals surface area contributed by atoms with Crippen LogP contribution in [0.2, 0.25) is 0 Å². The van der Waals surface area contributed by atoms with E-state index in [0.717, 1.165) is 10.0 Å². The maximum absolute atomic E-state index is 11.3. The highest BCUT2D eigenvalue weighted by Crippen LogP contribution is 2.19. The molecule has 0 saturated carbocycles. The van der Waals surface area contributed by atoms with Gasteiger partial charge in [-0.25, -0.2) is 8.42 Å². The van der Waals surface area contributed by atoms with Gasteiger partial charge in [-0.2, -0.15) is 0 Å². The molecule has 0 bridgehead atoms. The molecule has 1 rings (SSSR count). The number of hydrogen-bond donors (Lipinski definition) is 1. The summed E-state index contributed by atoms with van der Waals surface area (Å²) in [4.78, 5) is 0. The van der Waals surface area contributed by atoms with Crippen LogP contribution >= 0.6 is 15.9 Å². The summed E-state index contributed by atoms with van der Waals surface area (Å²) >= 11 is 3.31. The number of rotatable bonds is 3. The van der Waals surface area contributed by atoms with Crippen molar-refractivity contribution in [2.45, 2.75) is 13.8 Å². The van der Waals surface area contributed by atoms with Crippen LogP contribution in [-0.4, -0.2) is 14.2 Å². The molecule has 3 nitrogen and oxygen atoms in total. The molecule has 0 spiro atoms. The monoisotopic (exact) mass is 277 g/mol. The van der Waals surface area contributed by atoms with Gasteiger partial charge in [-0.3, -0.25) is 4.72 Å². The Balaban J connectivity index is 2.98. The minimum Gasteiger partial charge on any atom is -0.284 e. The van der Waals surface area contributed by atoms with Gasteiger partial charge in [0.1, 0.15) is 0 Å². The molecular formula is C9H12BrNO2S. The van der Waals surface area contributed by atoms with Gasteiger partial charge < -0.3 is 0 Å². The van der Waals surface area contributed by atoms with Crippen molar-refractivity contribution in [3.8, 4) is 0 Å². The molecule has 14 heavy (non-hydrogen) atoms. The summed E-state index contributed by atoms with van der Waals surface area (Å²) < 4.78 is 25.9. The van der Waals surface area contributed by atoms with Crippen LogP contribution in [-0.2, 0) is 10.0 Å². The molecule has 1 aromatic carbocycles. The summed E-state index contributed by atoms with van der Waals surface area (Å²) in [5.41, 5.74) is 1.60. The quantitative estimate of drug-likeness (QED) is 0.923. The van der Waals surface area contributed by atoms with Gasteiger partial charge in [-0.15, -0.1) is 0 Å². The molecule has 5 heteroatoms. The third-order valence-electron chi connectivity index (χ3n) is 1.70. The SMILES string of the molecule is CCS(=O)(=O)Nc1cc(C)cc(Br)c1. The van der Waals surface area contributed by atoms with Crippen LogP contribution in [0.5, 0.6) is 0 Å². The molecular weight excluding hydrogens is 266 g/mol. The molecule has 0 aromatic heterocycles. The van der Waals surface area contributed by atoms with E-state index in [0.29, 0.717) is 5.69 Å². The zero-order valence-corrected chi connectivity index (χ0v) is 10.4. The Bertz CT molecular complexity index is 408. The van der Waals surface area contributed by atoms with E-state index < -0.39 is 10.0 Å². The first-order chi connectivity index (χ1) is 6.43. The van der Waals surface area contributed by atoms with E-state index in [9.17, 15) is 8.42 Å². The lowest BCUT2D eigenvalue weighted by molar-refractivity contribution is 0.602. The van der Waals surface area contributed by atoms with Crippen molar-refractivity contribution in [1.29, 1.82) is 0 Å². The van der Waals surface area contributed by atoms with Gasteiger partial charge in [-0.1, -0.05) is 15.9 Å². The molecule has 0 aliphatic rings. The third kappa shape index (κ3) is 3.31. The fourth-order valence-electron chi connectivity index (χ4n) is 1.05. The Labute approximate surface area is 92.7 Å². The number of benzene rings is 1. The Hall–Kier alpha value is -0.550. The van der Waals surface area contributed by atoms with Gasteiger partial charge in [-0.05, 0) is 37.6 Å². The van der Waals surface area contributed by atoms with E-state index in [1.165, 1.54) is 0 Å². The summed E-state index contributed by atoms with van der Waals surface area (Å²) in [7, 11) is -3.18. The number of aryl methyl sites for hydroxylation is 1. The molecule has 78 valence electrons. The van der Waals surface area contributed by atoms with Crippen molar-refractivity contribution in [3.05, 3.63) is 28.2 Å². The van der Waals surface area contributed by atoms with Gasteiger partial charge in [0.15, 0.2) is 0 Å². The van der Waals surface area contributed by atoms with Gasteiger partial charge in [0.05, 0.1) is 5.75 Å². The van der Waals surface area contributed by atoms with Crippen molar-refractivity contribution in [1.82, 2.24) is 0 Å². The molecule has 0 unspecified atom stereocenters. The van der Waals surface area contributed by atoms with Gasteiger partial charge in [0.2, 0.25) is 10.0 Å². The standard InChI is InChI=1S/C9H12BrNO2S/c1-3-14(12,13)11-9-5-7(2)4-8(10)6-9/h4-6,11H,3H2,1-2H3. The van der Waals surface area contributed by atoms with Crippen LogP contribution in [0.25, 0.3) is 0 Å². The zero-order chi connectivity index (χ0) is 10.8. The van der Waals surface area contributed by atoms with Gasteiger partial charge in [0, 0.05) is 10.2 Å². The molecule has 0 amide bonds. The molecule has 0 aliphatic carbocycles. The summed E-state index contributed by atoms with van der Waals surface area (Å²) in [5, 5.41) is 0. The Morgan fingerprint density at radius 3 is 2.50 bits per heavy atom. The average molecular weight is 278 g/mol. The second-order valence-corrected chi connectivity index (χ2v) is 5.95. The van der Waals surface area contributed by atoms with Crippen LogP contribution in [0, 0.1) is 6.92 Å². The minimum absolute atomic E-state index is 0.0819. The van der Waals surface area contributed by atoms with Crippen molar-refractivity contribution in [2.24, 2.45) is 0 Å². The van der Waals surface area contributed by atoms with E-state index in [1.54, 1.807) is 19.1 Å². The van der Waals surface area contributed by atoms with Crippen LogP contribution in [0.1, 0.15) is 12.5 Å².